The predicted octanol–water partition coefficient (Wildman–Crippen LogP) is 4.00. The minimum Gasteiger partial charge on any atom is -0.342 e. The number of hydrogen-bond acceptors (Lipinski definition) is 2. The summed E-state index contributed by atoms with van der Waals surface area (Å²) in [5.41, 5.74) is 2.93. The van der Waals surface area contributed by atoms with Gasteiger partial charge < -0.3 is 9.88 Å². The Kier molecular flexibility index (Phi) is 4.22. The number of imidazole rings is 1. The maximum atomic E-state index is 13.1. The normalized spacial score (nSPS) is 17.3. The molecule has 3 aromatic rings. The maximum Gasteiger partial charge on any atom is 0.223 e. The van der Waals surface area contributed by atoms with E-state index in [4.69, 9.17) is 0 Å². The number of nitrogens with zero attached hydrogens (tertiary/aromatic N) is 2. The molecule has 1 saturated heterocycles. The number of carbonyl (C=O) groups is 1. The Morgan fingerprint density at radius 1 is 1.20 bits per heavy atom. The van der Waals surface area contributed by atoms with E-state index in [2.05, 4.69) is 9.97 Å². The van der Waals surface area contributed by atoms with Crippen molar-refractivity contribution in [3.05, 3.63) is 65.7 Å². The van der Waals surface area contributed by atoms with Crippen LogP contribution < -0.4 is 0 Å². The second-order valence-corrected chi connectivity index (χ2v) is 6.50. The molecule has 0 unspecified atom stereocenters. The van der Waals surface area contributed by atoms with E-state index in [1.165, 1.54) is 12.1 Å². The summed E-state index contributed by atoms with van der Waals surface area (Å²) in [6, 6.07) is 14.4. The molecule has 4 rings (SSSR count). The second kappa shape index (κ2) is 6.67. The fourth-order valence-electron chi connectivity index (χ4n) is 3.59. The van der Waals surface area contributed by atoms with Gasteiger partial charge >= 0.3 is 0 Å². The molecule has 1 amide bonds. The van der Waals surface area contributed by atoms with E-state index >= 15 is 0 Å². The van der Waals surface area contributed by atoms with E-state index in [0.29, 0.717) is 12.8 Å². The third-order valence-corrected chi connectivity index (χ3v) is 4.84. The summed E-state index contributed by atoms with van der Waals surface area (Å²) < 4.78 is 13.1. The lowest BCUT2D eigenvalue weighted by Gasteiger charge is -2.25. The molecule has 0 spiro atoms. The number of aromatic nitrogens is 2. The molecular formula is C20H20FN3O. The molecule has 1 atom stereocenters. The number of carbonyl (C=O) groups excluding carboxylic acids is 1. The summed E-state index contributed by atoms with van der Waals surface area (Å²) in [5, 5.41) is 0. The first kappa shape index (κ1) is 15.8. The highest BCUT2D eigenvalue weighted by molar-refractivity contribution is 5.78. The van der Waals surface area contributed by atoms with E-state index in [1.54, 1.807) is 12.1 Å². The SMILES string of the molecule is O=C(CCc1nc2ccccc2[nH]1)N1CCC[C@@H]1c1ccc(F)cc1. The van der Waals surface area contributed by atoms with Crippen LogP contribution in [0, 0.1) is 5.82 Å². The summed E-state index contributed by atoms with van der Waals surface area (Å²) in [4.78, 5) is 22.4. The molecular weight excluding hydrogens is 317 g/mol. The van der Waals surface area contributed by atoms with Crippen LogP contribution >= 0.6 is 0 Å². The summed E-state index contributed by atoms with van der Waals surface area (Å²) in [6.07, 6.45) is 2.94. The van der Waals surface area contributed by atoms with Crippen LogP contribution in [0.25, 0.3) is 11.0 Å². The highest BCUT2D eigenvalue weighted by Crippen LogP contribution is 2.32. The van der Waals surface area contributed by atoms with Crippen molar-refractivity contribution in [3.8, 4) is 0 Å². The number of benzene rings is 2. The van der Waals surface area contributed by atoms with E-state index in [-0.39, 0.29) is 17.8 Å². The molecule has 2 aromatic carbocycles. The minimum absolute atomic E-state index is 0.0590. The average Bonchev–Trinajstić information content (AvgIpc) is 3.27. The Morgan fingerprint density at radius 3 is 2.80 bits per heavy atom. The number of nitrogens with one attached hydrogen (secondary N) is 1. The first-order valence-corrected chi connectivity index (χ1v) is 8.69. The zero-order chi connectivity index (χ0) is 17.2. The summed E-state index contributed by atoms with van der Waals surface area (Å²) in [6.45, 7) is 0.765. The number of fused-ring (bicyclic) bond motifs is 1. The van der Waals surface area contributed by atoms with Gasteiger partial charge in [-0.2, -0.15) is 0 Å². The van der Waals surface area contributed by atoms with Crippen LogP contribution in [0.2, 0.25) is 0 Å². The van der Waals surface area contributed by atoms with E-state index in [1.807, 2.05) is 29.2 Å². The predicted molar refractivity (Wildman–Crippen MR) is 94.5 cm³/mol. The van der Waals surface area contributed by atoms with E-state index in [0.717, 1.165) is 41.8 Å². The van der Waals surface area contributed by atoms with Gasteiger partial charge in [-0.1, -0.05) is 24.3 Å². The Morgan fingerprint density at radius 2 is 2.00 bits per heavy atom. The lowest BCUT2D eigenvalue weighted by atomic mass is 10.0. The lowest BCUT2D eigenvalue weighted by molar-refractivity contribution is -0.132. The van der Waals surface area contributed by atoms with Crippen LogP contribution in [0.4, 0.5) is 4.39 Å². The van der Waals surface area contributed by atoms with Crippen LogP contribution in [0.1, 0.15) is 36.7 Å². The minimum atomic E-state index is -0.246. The van der Waals surface area contributed by atoms with Crippen molar-refractivity contribution < 1.29 is 9.18 Å². The Bertz CT molecular complexity index is 854. The molecule has 2 heterocycles. The zero-order valence-corrected chi connectivity index (χ0v) is 13.9. The Hall–Kier alpha value is -2.69. The molecule has 1 aliphatic rings. The first-order chi connectivity index (χ1) is 12.2. The van der Waals surface area contributed by atoms with E-state index in [9.17, 15) is 9.18 Å². The number of likely N-dealkylation sites (tertiary alicyclic amines) is 1. The Labute approximate surface area is 145 Å². The fourth-order valence-corrected chi connectivity index (χ4v) is 3.59. The smallest absolute Gasteiger partial charge is 0.223 e. The van der Waals surface area contributed by atoms with Crippen molar-refractivity contribution in [3.63, 3.8) is 0 Å². The number of hydrogen-bond donors (Lipinski definition) is 1. The van der Waals surface area contributed by atoms with Gasteiger partial charge in [0.2, 0.25) is 5.91 Å². The molecule has 0 saturated carbocycles. The standard InChI is InChI=1S/C20H20FN3O/c21-15-9-7-14(8-10-15)18-6-3-13-24(18)20(25)12-11-19-22-16-4-1-2-5-17(16)23-19/h1-2,4-5,7-10,18H,3,6,11-13H2,(H,22,23)/t18-/m1/s1. The highest BCUT2D eigenvalue weighted by atomic mass is 19.1. The van der Waals surface area contributed by atoms with Gasteiger partial charge in [-0.15, -0.1) is 0 Å². The number of halogens is 1. The molecule has 4 nitrogen and oxygen atoms in total. The molecule has 1 fully saturated rings. The van der Waals surface area contributed by atoms with Crippen LogP contribution in [0.5, 0.6) is 0 Å². The molecule has 1 aromatic heterocycles. The molecule has 1 aliphatic heterocycles. The number of amides is 1. The molecule has 0 aliphatic carbocycles. The maximum absolute atomic E-state index is 13.1. The zero-order valence-electron chi connectivity index (χ0n) is 13.9. The number of aromatic amines is 1. The van der Waals surface area contributed by atoms with Gasteiger partial charge in [0.25, 0.3) is 0 Å². The number of H-pyrrole nitrogens is 1. The second-order valence-electron chi connectivity index (χ2n) is 6.50. The molecule has 1 N–H and O–H groups in total. The largest absolute Gasteiger partial charge is 0.342 e. The summed E-state index contributed by atoms with van der Waals surface area (Å²) >= 11 is 0. The van der Waals surface area contributed by atoms with Crippen molar-refractivity contribution in [1.29, 1.82) is 0 Å². The van der Waals surface area contributed by atoms with Crippen molar-refractivity contribution >= 4 is 16.9 Å². The van der Waals surface area contributed by atoms with E-state index < -0.39 is 0 Å². The van der Waals surface area contributed by atoms with Crippen molar-refractivity contribution in [2.24, 2.45) is 0 Å². The van der Waals surface area contributed by atoms with Crippen LogP contribution in [0.3, 0.4) is 0 Å². The summed E-state index contributed by atoms with van der Waals surface area (Å²) in [5.74, 6) is 0.726. The first-order valence-electron chi connectivity index (χ1n) is 8.69. The molecule has 128 valence electrons. The topological polar surface area (TPSA) is 49.0 Å². The summed E-state index contributed by atoms with van der Waals surface area (Å²) in [7, 11) is 0. The quantitative estimate of drug-likeness (QED) is 0.782. The monoisotopic (exact) mass is 337 g/mol. The van der Waals surface area contributed by atoms with Crippen LogP contribution in [-0.4, -0.2) is 27.3 Å². The number of rotatable bonds is 4. The Balaban J connectivity index is 1.43. The van der Waals surface area contributed by atoms with Gasteiger partial charge in [0.15, 0.2) is 0 Å². The third kappa shape index (κ3) is 3.27. The molecule has 0 radical (unpaired) electrons. The molecule has 25 heavy (non-hydrogen) atoms. The van der Waals surface area contributed by atoms with Crippen molar-refractivity contribution in [1.82, 2.24) is 14.9 Å². The van der Waals surface area contributed by atoms with Gasteiger partial charge in [-0.05, 0) is 42.7 Å². The highest BCUT2D eigenvalue weighted by Gasteiger charge is 2.29. The average molecular weight is 337 g/mol. The van der Waals surface area contributed by atoms with Crippen molar-refractivity contribution in [2.75, 3.05) is 6.54 Å². The van der Waals surface area contributed by atoms with Gasteiger partial charge in [-0.25, -0.2) is 9.37 Å². The third-order valence-electron chi connectivity index (χ3n) is 4.84. The van der Waals surface area contributed by atoms with Crippen molar-refractivity contribution in [2.45, 2.75) is 31.7 Å². The van der Waals surface area contributed by atoms with Gasteiger partial charge in [0, 0.05) is 19.4 Å². The molecule has 5 heteroatoms. The lowest BCUT2D eigenvalue weighted by Crippen LogP contribution is -2.30. The molecule has 0 bridgehead atoms. The number of aryl methyl sites for hydroxylation is 1. The number of para-hydroxylation sites is 2. The van der Waals surface area contributed by atoms with Gasteiger partial charge in [0.1, 0.15) is 11.6 Å². The van der Waals surface area contributed by atoms with Crippen LogP contribution in [-0.2, 0) is 11.2 Å². The van der Waals surface area contributed by atoms with Crippen LogP contribution in [0.15, 0.2) is 48.5 Å². The van der Waals surface area contributed by atoms with Gasteiger partial charge in [0.05, 0.1) is 17.1 Å². The van der Waals surface area contributed by atoms with Gasteiger partial charge in [-0.3, -0.25) is 4.79 Å². The fraction of sp³-hybridized carbons (Fsp3) is 0.300.